The van der Waals surface area contributed by atoms with Crippen molar-refractivity contribution in [2.75, 3.05) is 31.1 Å². The van der Waals surface area contributed by atoms with Gasteiger partial charge in [-0.05, 0) is 37.5 Å². The second-order valence-corrected chi connectivity index (χ2v) is 6.50. The number of nitrogens with zero attached hydrogens (tertiary/aromatic N) is 4. The first-order valence-corrected chi connectivity index (χ1v) is 7.57. The topological polar surface area (TPSA) is 45.4 Å². The second kappa shape index (κ2) is 4.47. The predicted octanol–water partition coefficient (Wildman–Crippen LogP) is 1.69. The molecule has 5 heteroatoms. The molecule has 1 aliphatic carbocycles. The van der Waals surface area contributed by atoms with E-state index in [4.69, 9.17) is 4.42 Å². The molecule has 4 heterocycles. The number of aryl methyl sites for hydroxylation is 1. The minimum Gasteiger partial charge on any atom is -0.408 e. The third kappa shape index (κ3) is 2.36. The van der Waals surface area contributed by atoms with Crippen molar-refractivity contribution in [1.82, 2.24) is 15.1 Å². The Balaban J connectivity index is 1.51. The molecule has 0 spiro atoms. The summed E-state index contributed by atoms with van der Waals surface area (Å²) in [5.74, 6) is 2.42. The van der Waals surface area contributed by atoms with E-state index in [9.17, 15) is 0 Å². The van der Waals surface area contributed by atoms with Crippen LogP contribution in [0.3, 0.4) is 0 Å². The van der Waals surface area contributed by atoms with Gasteiger partial charge < -0.3 is 9.32 Å². The third-order valence-electron chi connectivity index (χ3n) is 4.80. The summed E-state index contributed by atoms with van der Waals surface area (Å²) in [6.07, 6.45) is 5.58. The van der Waals surface area contributed by atoms with Crippen LogP contribution in [0.1, 0.15) is 31.6 Å². The van der Waals surface area contributed by atoms with Gasteiger partial charge in [-0.15, -0.1) is 5.10 Å². The first kappa shape index (κ1) is 11.7. The van der Waals surface area contributed by atoms with E-state index in [1.807, 2.05) is 6.92 Å². The van der Waals surface area contributed by atoms with Crippen LogP contribution in [0.15, 0.2) is 4.42 Å². The van der Waals surface area contributed by atoms with Gasteiger partial charge in [0.2, 0.25) is 5.89 Å². The van der Waals surface area contributed by atoms with Crippen molar-refractivity contribution in [3.05, 3.63) is 5.89 Å². The fourth-order valence-corrected chi connectivity index (χ4v) is 3.60. The van der Waals surface area contributed by atoms with Crippen LogP contribution in [-0.4, -0.2) is 47.3 Å². The quantitative estimate of drug-likeness (QED) is 0.829. The molecule has 1 saturated carbocycles. The molecule has 4 fully saturated rings. The minimum absolute atomic E-state index is 0.668. The number of rotatable bonds is 3. The van der Waals surface area contributed by atoms with E-state index in [0.717, 1.165) is 30.9 Å². The minimum atomic E-state index is 0.668. The molecule has 0 radical (unpaired) electrons. The van der Waals surface area contributed by atoms with Gasteiger partial charge in [-0.2, -0.15) is 0 Å². The molecule has 0 N–H and O–H groups in total. The zero-order valence-electron chi connectivity index (χ0n) is 11.6. The maximum Gasteiger partial charge on any atom is 0.318 e. The maximum atomic E-state index is 5.62. The van der Waals surface area contributed by atoms with E-state index >= 15 is 0 Å². The SMILES string of the molecule is Cc1nnc(N2C[C@H]3CC[C@@H](C2)N(CC2CC2)C3)o1. The molecule has 1 aromatic heterocycles. The summed E-state index contributed by atoms with van der Waals surface area (Å²) in [5, 5.41) is 8.17. The van der Waals surface area contributed by atoms with Gasteiger partial charge in [0, 0.05) is 39.1 Å². The average molecular weight is 262 g/mol. The lowest BCUT2D eigenvalue weighted by Crippen LogP contribution is -2.44. The number of hydrogen-bond acceptors (Lipinski definition) is 5. The standard InChI is InChI=1S/C14H22N4O/c1-10-15-16-14(19-10)18-8-12-4-5-13(9-18)17(7-12)6-11-2-3-11/h11-13H,2-9H2,1H3/t12-,13-/m0/s1. The summed E-state index contributed by atoms with van der Waals surface area (Å²) in [4.78, 5) is 5.05. The molecule has 5 rings (SSSR count). The van der Waals surface area contributed by atoms with Gasteiger partial charge in [0.1, 0.15) is 0 Å². The first-order valence-electron chi connectivity index (χ1n) is 7.57. The smallest absolute Gasteiger partial charge is 0.318 e. The molecule has 0 amide bonds. The van der Waals surface area contributed by atoms with Crippen LogP contribution in [0.5, 0.6) is 0 Å². The number of hydrogen-bond donors (Lipinski definition) is 0. The van der Waals surface area contributed by atoms with Crippen molar-refractivity contribution in [2.45, 2.75) is 38.6 Å². The summed E-state index contributed by atoms with van der Waals surface area (Å²) < 4.78 is 5.62. The highest BCUT2D eigenvalue weighted by molar-refractivity contribution is 5.26. The van der Waals surface area contributed by atoms with Gasteiger partial charge >= 0.3 is 6.01 Å². The van der Waals surface area contributed by atoms with Gasteiger partial charge in [0.25, 0.3) is 0 Å². The molecule has 0 unspecified atom stereocenters. The van der Waals surface area contributed by atoms with Crippen LogP contribution in [-0.2, 0) is 0 Å². The van der Waals surface area contributed by atoms with Crippen LogP contribution in [0.4, 0.5) is 6.01 Å². The van der Waals surface area contributed by atoms with E-state index in [2.05, 4.69) is 20.0 Å². The second-order valence-electron chi connectivity index (χ2n) is 6.50. The van der Waals surface area contributed by atoms with E-state index in [0.29, 0.717) is 11.9 Å². The fourth-order valence-electron chi connectivity index (χ4n) is 3.60. The highest BCUT2D eigenvalue weighted by atomic mass is 16.4. The normalized spacial score (nSPS) is 31.7. The van der Waals surface area contributed by atoms with Gasteiger partial charge in [-0.1, -0.05) is 5.10 Å². The number of piperidine rings is 1. The number of anilines is 1. The Kier molecular flexibility index (Phi) is 2.76. The molecule has 1 aromatic rings. The van der Waals surface area contributed by atoms with Crippen LogP contribution in [0, 0.1) is 18.8 Å². The van der Waals surface area contributed by atoms with Crippen LogP contribution in [0.2, 0.25) is 0 Å². The summed E-state index contributed by atoms with van der Waals surface area (Å²) in [6.45, 7) is 6.59. The summed E-state index contributed by atoms with van der Waals surface area (Å²) in [7, 11) is 0. The van der Waals surface area contributed by atoms with Crippen LogP contribution in [0.25, 0.3) is 0 Å². The van der Waals surface area contributed by atoms with Gasteiger partial charge in [0.15, 0.2) is 0 Å². The van der Waals surface area contributed by atoms with E-state index in [1.165, 1.54) is 38.8 Å². The molecule has 104 valence electrons. The van der Waals surface area contributed by atoms with Crippen molar-refractivity contribution in [3.63, 3.8) is 0 Å². The molecule has 4 aliphatic rings. The van der Waals surface area contributed by atoms with Crippen molar-refractivity contribution in [3.8, 4) is 0 Å². The Morgan fingerprint density at radius 1 is 1.11 bits per heavy atom. The largest absolute Gasteiger partial charge is 0.408 e. The van der Waals surface area contributed by atoms with E-state index < -0.39 is 0 Å². The first-order chi connectivity index (χ1) is 9.28. The lowest BCUT2D eigenvalue weighted by atomic mass is 9.95. The number of aromatic nitrogens is 2. The summed E-state index contributed by atoms with van der Waals surface area (Å²) >= 11 is 0. The molecular formula is C14H22N4O. The van der Waals surface area contributed by atoms with Gasteiger partial charge in [-0.25, -0.2) is 0 Å². The average Bonchev–Trinajstić information content (AvgIpc) is 3.16. The summed E-state index contributed by atoms with van der Waals surface area (Å²) in [5.41, 5.74) is 0. The van der Waals surface area contributed by atoms with Crippen molar-refractivity contribution in [1.29, 1.82) is 0 Å². The Hall–Kier alpha value is -1.10. The molecule has 2 bridgehead atoms. The molecule has 19 heavy (non-hydrogen) atoms. The lowest BCUT2D eigenvalue weighted by molar-refractivity contribution is 0.128. The van der Waals surface area contributed by atoms with E-state index in [-0.39, 0.29) is 0 Å². The van der Waals surface area contributed by atoms with Crippen LogP contribution >= 0.6 is 0 Å². The molecule has 2 atom stereocenters. The fraction of sp³-hybridized carbons (Fsp3) is 0.857. The predicted molar refractivity (Wildman–Crippen MR) is 72.1 cm³/mol. The van der Waals surface area contributed by atoms with Gasteiger partial charge in [-0.3, -0.25) is 4.90 Å². The highest BCUT2D eigenvalue weighted by Gasteiger charge is 2.38. The summed E-state index contributed by atoms with van der Waals surface area (Å²) in [6, 6.07) is 1.41. The Bertz CT molecular complexity index is 456. The van der Waals surface area contributed by atoms with Crippen molar-refractivity contribution in [2.24, 2.45) is 11.8 Å². The van der Waals surface area contributed by atoms with Crippen molar-refractivity contribution >= 4 is 6.01 Å². The van der Waals surface area contributed by atoms with Crippen LogP contribution < -0.4 is 4.90 Å². The third-order valence-corrected chi connectivity index (χ3v) is 4.80. The molecule has 0 aromatic carbocycles. The molecule has 3 aliphatic heterocycles. The Morgan fingerprint density at radius 3 is 2.74 bits per heavy atom. The Labute approximate surface area is 114 Å². The molecule has 3 saturated heterocycles. The highest BCUT2D eigenvalue weighted by Crippen LogP contribution is 2.35. The lowest BCUT2D eigenvalue weighted by Gasteiger charge is -2.36. The molecule has 5 nitrogen and oxygen atoms in total. The monoisotopic (exact) mass is 262 g/mol. The van der Waals surface area contributed by atoms with E-state index in [1.54, 1.807) is 0 Å². The number of fused-ring (bicyclic) bond motifs is 4. The zero-order chi connectivity index (χ0) is 12.8. The van der Waals surface area contributed by atoms with Crippen molar-refractivity contribution < 1.29 is 4.42 Å². The Morgan fingerprint density at radius 2 is 2.00 bits per heavy atom. The maximum absolute atomic E-state index is 5.62. The zero-order valence-corrected chi connectivity index (χ0v) is 11.6. The van der Waals surface area contributed by atoms with Gasteiger partial charge in [0.05, 0.1) is 0 Å². The molecular weight excluding hydrogens is 240 g/mol.